The molecule has 3 rings (SSSR count). The van der Waals surface area contributed by atoms with E-state index < -0.39 is 0 Å². The van der Waals surface area contributed by atoms with Crippen LogP contribution in [0.1, 0.15) is 11.6 Å². The van der Waals surface area contributed by atoms with Crippen molar-refractivity contribution >= 4 is 11.0 Å². The molecular weight excluding hydrogens is 240 g/mol. The molecule has 1 atom stereocenters. The molecule has 2 N–H and O–H groups in total. The number of benzene rings is 1. The molecule has 5 nitrogen and oxygen atoms in total. The zero-order chi connectivity index (χ0) is 13.2. The Morgan fingerprint density at radius 2 is 2.11 bits per heavy atom. The van der Waals surface area contributed by atoms with Crippen LogP contribution in [0.5, 0.6) is 0 Å². The summed E-state index contributed by atoms with van der Waals surface area (Å²) in [6.45, 7) is 4.28. The number of aromatic nitrogens is 2. The number of hydrogen-bond acceptors (Lipinski definition) is 4. The number of aromatic amines is 1. The molecule has 1 aliphatic heterocycles. The number of nitrogens with one attached hydrogen (secondary N) is 1. The molecule has 19 heavy (non-hydrogen) atoms. The lowest BCUT2D eigenvalue weighted by atomic mass is 10.0. The fourth-order valence-electron chi connectivity index (χ4n) is 2.73. The van der Waals surface area contributed by atoms with Gasteiger partial charge in [0.05, 0.1) is 30.0 Å². The number of likely N-dealkylation sites (N-methyl/N-ethyl adjacent to an activating group) is 1. The number of rotatable bonds is 3. The Balaban J connectivity index is 1.84. The van der Waals surface area contributed by atoms with Crippen molar-refractivity contribution < 1.29 is 5.11 Å². The highest BCUT2D eigenvalue weighted by Crippen LogP contribution is 2.24. The Hall–Kier alpha value is -1.43. The summed E-state index contributed by atoms with van der Waals surface area (Å²) in [4.78, 5) is 12.0. The monoisotopic (exact) mass is 260 g/mol. The fraction of sp³-hybridized carbons (Fsp3) is 0.500. The zero-order valence-corrected chi connectivity index (χ0v) is 11.2. The summed E-state index contributed by atoms with van der Waals surface area (Å²) in [6.07, 6.45) is 1.71. The summed E-state index contributed by atoms with van der Waals surface area (Å²) in [5.41, 5.74) is 3.16. The highest BCUT2D eigenvalue weighted by atomic mass is 16.3. The maximum atomic E-state index is 9.74. The SMILES string of the molecule is CN1CCN(C(CO)c2ccc3nc[nH]c3c2)CC1. The molecular formula is C14H20N4O. The number of nitrogens with zero attached hydrogens (tertiary/aromatic N) is 3. The van der Waals surface area contributed by atoms with Crippen molar-refractivity contribution in [2.75, 3.05) is 39.8 Å². The van der Waals surface area contributed by atoms with Crippen molar-refractivity contribution in [1.29, 1.82) is 0 Å². The largest absolute Gasteiger partial charge is 0.394 e. The summed E-state index contributed by atoms with van der Waals surface area (Å²) in [5, 5.41) is 9.74. The van der Waals surface area contributed by atoms with Crippen LogP contribution in [-0.4, -0.2) is 64.7 Å². The topological polar surface area (TPSA) is 55.4 Å². The molecule has 1 aromatic carbocycles. The highest BCUT2D eigenvalue weighted by Gasteiger charge is 2.23. The summed E-state index contributed by atoms with van der Waals surface area (Å²) in [7, 11) is 2.14. The lowest BCUT2D eigenvalue weighted by Gasteiger charge is -2.37. The van der Waals surface area contributed by atoms with Gasteiger partial charge in [-0.15, -0.1) is 0 Å². The van der Waals surface area contributed by atoms with E-state index in [1.807, 2.05) is 6.07 Å². The second-order valence-corrected chi connectivity index (χ2v) is 5.22. The molecule has 5 heteroatoms. The van der Waals surface area contributed by atoms with Gasteiger partial charge in [0.2, 0.25) is 0 Å². The van der Waals surface area contributed by atoms with Gasteiger partial charge in [-0.1, -0.05) is 6.07 Å². The Bertz CT molecular complexity index is 545. The van der Waals surface area contributed by atoms with Crippen LogP contribution in [0.25, 0.3) is 11.0 Å². The Kier molecular flexibility index (Phi) is 3.50. The van der Waals surface area contributed by atoms with Gasteiger partial charge in [-0.3, -0.25) is 4.90 Å². The van der Waals surface area contributed by atoms with E-state index in [1.165, 1.54) is 0 Å². The van der Waals surface area contributed by atoms with Crippen molar-refractivity contribution in [3.63, 3.8) is 0 Å². The lowest BCUT2D eigenvalue weighted by molar-refractivity contribution is 0.0748. The van der Waals surface area contributed by atoms with E-state index in [9.17, 15) is 5.11 Å². The third kappa shape index (κ3) is 2.49. The van der Waals surface area contributed by atoms with Crippen molar-refractivity contribution in [3.8, 4) is 0 Å². The Morgan fingerprint density at radius 3 is 2.84 bits per heavy atom. The van der Waals surface area contributed by atoms with Crippen molar-refractivity contribution in [2.24, 2.45) is 0 Å². The van der Waals surface area contributed by atoms with Gasteiger partial charge in [-0.05, 0) is 24.7 Å². The Morgan fingerprint density at radius 1 is 1.32 bits per heavy atom. The minimum Gasteiger partial charge on any atom is -0.394 e. The number of aliphatic hydroxyl groups excluding tert-OH is 1. The molecule has 1 saturated heterocycles. The van der Waals surface area contributed by atoms with E-state index in [-0.39, 0.29) is 12.6 Å². The molecule has 0 spiro atoms. The van der Waals surface area contributed by atoms with Gasteiger partial charge in [-0.2, -0.15) is 0 Å². The summed E-state index contributed by atoms with van der Waals surface area (Å²) in [5.74, 6) is 0. The van der Waals surface area contributed by atoms with Crippen molar-refractivity contribution in [3.05, 3.63) is 30.1 Å². The van der Waals surface area contributed by atoms with Crippen LogP contribution in [0.4, 0.5) is 0 Å². The Labute approximate surface area is 112 Å². The van der Waals surface area contributed by atoms with Crippen LogP contribution >= 0.6 is 0 Å². The van der Waals surface area contributed by atoms with Crippen LogP contribution in [0, 0.1) is 0 Å². The number of aliphatic hydroxyl groups is 1. The third-order valence-corrected chi connectivity index (χ3v) is 3.98. The second-order valence-electron chi connectivity index (χ2n) is 5.22. The summed E-state index contributed by atoms with van der Waals surface area (Å²) >= 11 is 0. The van der Waals surface area contributed by atoms with Crippen molar-refractivity contribution in [2.45, 2.75) is 6.04 Å². The first-order chi connectivity index (χ1) is 9.28. The average molecular weight is 260 g/mol. The van der Waals surface area contributed by atoms with Gasteiger partial charge in [0.25, 0.3) is 0 Å². The smallest absolute Gasteiger partial charge is 0.0931 e. The molecule has 1 fully saturated rings. The van der Waals surface area contributed by atoms with Crippen LogP contribution in [0.3, 0.4) is 0 Å². The van der Waals surface area contributed by atoms with Gasteiger partial charge in [0, 0.05) is 26.2 Å². The highest BCUT2D eigenvalue weighted by molar-refractivity contribution is 5.75. The first-order valence-electron chi connectivity index (χ1n) is 6.74. The van der Waals surface area contributed by atoms with Crippen molar-refractivity contribution in [1.82, 2.24) is 19.8 Å². The van der Waals surface area contributed by atoms with Gasteiger partial charge < -0.3 is 15.0 Å². The molecule has 0 saturated carbocycles. The lowest BCUT2D eigenvalue weighted by Crippen LogP contribution is -2.46. The van der Waals surface area contributed by atoms with Gasteiger partial charge >= 0.3 is 0 Å². The molecule has 0 aliphatic carbocycles. The van der Waals surface area contributed by atoms with E-state index >= 15 is 0 Å². The normalized spacial score (nSPS) is 19.9. The van der Waals surface area contributed by atoms with E-state index in [2.05, 4.69) is 38.9 Å². The third-order valence-electron chi connectivity index (χ3n) is 3.98. The summed E-state index contributed by atoms with van der Waals surface area (Å²) in [6, 6.07) is 6.27. The minimum absolute atomic E-state index is 0.0846. The number of fused-ring (bicyclic) bond motifs is 1. The number of imidazole rings is 1. The standard InChI is InChI=1S/C14H20N4O/c1-17-4-6-18(7-5-17)14(9-19)11-2-3-12-13(8-11)16-10-15-12/h2-3,8,10,14,19H,4-7,9H2,1H3,(H,15,16). The maximum Gasteiger partial charge on any atom is 0.0931 e. The van der Waals surface area contributed by atoms with Crippen LogP contribution in [-0.2, 0) is 0 Å². The molecule has 0 bridgehead atoms. The predicted octanol–water partition coefficient (Wildman–Crippen LogP) is 0.844. The van der Waals surface area contributed by atoms with Gasteiger partial charge in [0.15, 0.2) is 0 Å². The molecule has 102 valence electrons. The minimum atomic E-state index is 0.0846. The molecule has 0 radical (unpaired) electrons. The average Bonchev–Trinajstić information content (AvgIpc) is 2.89. The molecule has 0 amide bonds. The van der Waals surface area contributed by atoms with Gasteiger partial charge in [0.1, 0.15) is 0 Å². The molecule has 2 aromatic rings. The zero-order valence-electron chi connectivity index (χ0n) is 11.2. The first kappa shape index (κ1) is 12.6. The quantitative estimate of drug-likeness (QED) is 0.859. The predicted molar refractivity (Wildman–Crippen MR) is 75.0 cm³/mol. The first-order valence-corrected chi connectivity index (χ1v) is 6.74. The van der Waals surface area contributed by atoms with E-state index in [1.54, 1.807) is 6.33 Å². The van der Waals surface area contributed by atoms with E-state index in [0.717, 1.165) is 42.8 Å². The number of piperazine rings is 1. The van der Waals surface area contributed by atoms with Crippen LogP contribution < -0.4 is 0 Å². The molecule has 1 aliphatic rings. The molecule has 1 unspecified atom stereocenters. The number of hydrogen-bond donors (Lipinski definition) is 2. The second kappa shape index (κ2) is 5.28. The number of H-pyrrole nitrogens is 1. The van der Waals surface area contributed by atoms with E-state index in [4.69, 9.17) is 0 Å². The van der Waals surface area contributed by atoms with Crippen LogP contribution in [0.15, 0.2) is 24.5 Å². The fourth-order valence-corrected chi connectivity index (χ4v) is 2.73. The molecule has 2 heterocycles. The van der Waals surface area contributed by atoms with Crippen LogP contribution in [0.2, 0.25) is 0 Å². The van der Waals surface area contributed by atoms with E-state index in [0.29, 0.717) is 0 Å². The van der Waals surface area contributed by atoms with Gasteiger partial charge in [-0.25, -0.2) is 4.98 Å². The maximum absolute atomic E-state index is 9.74. The molecule has 1 aromatic heterocycles. The summed E-state index contributed by atoms with van der Waals surface area (Å²) < 4.78 is 0.